The molecule has 0 N–H and O–H groups in total. The van der Waals surface area contributed by atoms with Crippen molar-refractivity contribution in [2.45, 2.75) is 42.4 Å². The molecule has 1 aliphatic rings. The van der Waals surface area contributed by atoms with Crippen LogP contribution in [-0.2, 0) is 5.41 Å². The van der Waals surface area contributed by atoms with Crippen molar-refractivity contribution in [2.75, 3.05) is 4.90 Å². The number of fused-ring (bicyclic) bond motifs is 3. The Labute approximate surface area is 354 Å². The summed E-state index contributed by atoms with van der Waals surface area (Å²) in [7, 11) is 0. The van der Waals surface area contributed by atoms with Gasteiger partial charge in [-0.2, -0.15) is 0 Å². The Bertz CT molecular complexity index is 2730. The van der Waals surface area contributed by atoms with Crippen molar-refractivity contribution in [1.82, 2.24) is 0 Å². The second kappa shape index (κ2) is 17.8. The number of nitrogens with zero attached hydrogens (tertiary/aromatic N) is 1. The van der Waals surface area contributed by atoms with Crippen LogP contribution >= 0.6 is 11.8 Å². The second-order valence-electron chi connectivity index (χ2n) is 14.9. The molecular weight excluding hydrogens is 731 g/mol. The van der Waals surface area contributed by atoms with Gasteiger partial charge in [0, 0.05) is 37.8 Å². The molecule has 1 atom stereocenters. The summed E-state index contributed by atoms with van der Waals surface area (Å²) in [6, 6.07) is 62.2. The lowest BCUT2D eigenvalue weighted by atomic mass is 9.70. The van der Waals surface area contributed by atoms with Crippen LogP contribution < -0.4 is 4.90 Å². The van der Waals surface area contributed by atoms with Gasteiger partial charge in [0.1, 0.15) is 0 Å². The first-order valence-electron chi connectivity index (χ1n) is 20.2. The molecular formula is C57H47NS. The molecule has 0 saturated heterocycles. The summed E-state index contributed by atoms with van der Waals surface area (Å²) in [5.74, 6) is 2.64. The van der Waals surface area contributed by atoms with Gasteiger partial charge in [-0.05, 0) is 132 Å². The van der Waals surface area contributed by atoms with Gasteiger partial charge >= 0.3 is 0 Å². The number of aryl methyl sites for hydroxylation is 1. The van der Waals surface area contributed by atoms with Gasteiger partial charge in [0.25, 0.3) is 0 Å². The fourth-order valence-corrected chi connectivity index (χ4v) is 9.40. The molecule has 0 aliphatic heterocycles. The minimum absolute atomic E-state index is 0.466. The molecule has 0 amide bonds. The molecule has 2 heteroatoms. The van der Waals surface area contributed by atoms with E-state index < -0.39 is 5.41 Å². The highest BCUT2D eigenvalue weighted by Crippen LogP contribution is 2.58. The minimum atomic E-state index is -0.466. The molecule has 0 heterocycles. The molecule has 0 spiro atoms. The van der Waals surface area contributed by atoms with E-state index in [0.29, 0.717) is 0 Å². The molecule has 286 valence electrons. The van der Waals surface area contributed by atoms with Crippen molar-refractivity contribution in [3.63, 3.8) is 0 Å². The standard InChI is InChI=1S/C57H47NS/c1-5-7-9-10-19-40-57(47-25-15-12-16-26-47)52-27-20-29-55(59-54-28-18-17-22-43(54)4)56(52)51-39-38-50(41-53(51)57)58(48-34-30-44(31-35-48)42(3)21-8-6-2)49-36-32-46(33-37-49)45-23-13-11-14-24-45/h1,6-39,41H,40H2,2-4H3/b8-6-,9-7-,19-10-,42-21+. The summed E-state index contributed by atoms with van der Waals surface area (Å²) >= 11 is 1.86. The zero-order valence-electron chi connectivity index (χ0n) is 33.8. The molecule has 0 fully saturated rings. The van der Waals surface area contributed by atoms with Gasteiger partial charge in [-0.1, -0.05) is 175 Å². The van der Waals surface area contributed by atoms with Crippen LogP contribution in [0.15, 0.2) is 222 Å². The maximum absolute atomic E-state index is 5.60. The highest BCUT2D eigenvalue weighted by Gasteiger charge is 2.45. The van der Waals surface area contributed by atoms with Gasteiger partial charge in [0.2, 0.25) is 0 Å². The fourth-order valence-electron chi connectivity index (χ4n) is 8.32. The Morgan fingerprint density at radius 3 is 2.00 bits per heavy atom. The van der Waals surface area contributed by atoms with Gasteiger partial charge in [-0.3, -0.25) is 0 Å². The maximum atomic E-state index is 5.60. The van der Waals surface area contributed by atoms with E-state index in [4.69, 9.17) is 6.42 Å². The monoisotopic (exact) mass is 777 g/mol. The van der Waals surface area contributed by atoms with Crippen LogP contribution in [0.25, 0.3) is 27.8 Å². The predicted molar refractivity (Wildman–Crippen MR) is 254 cm³/mol. The first-order valence-corrected chi connectivity index (χ1v) is 21.0. The van der Waals surface area contributed by atoms with Crippen LogP contribution in [0.2, 0.25) is 0 Å². The highest BCUT2D eigenvalue weighted by atomic mass is 32.2. The summed E-state index contributed by atoms with van der Waals surface area (Å²) in [5, 5.41) is 0. The molecule has 8 rings (SSSR count). The first-order chi connectivity index (χ1) is 29.0. The van der Waals surface area contributed by atoms with Gasteiger partial charge in [-0.25, -0.2) is 0 Å². The van der Waals surface area contributed by atoms with E-state index in [-0.39, 0.29) is 0 Å². The second-order valence-corrected chi connectivity index (χ2v) is 16.0. The summed E-state index contributed by atoms with van der Waals surface area (Å²) in [5.41, 5.74) is 15.3. The number of hydrogen-bond donors (Lipinski definition) is 0. The highest BCUT2D eigenvalue weighted by molar-refractivity contribution is 7.99. The van der Waals surface area contributed by atoms with E-state index in [9.17, 15) is 0 Å². The summed E-state index contributed by atoms with van der Waals surface area (Å²) in [6.07, 6.45) is 20.8. The van der Waals surface area contributed by atoms with E-state index in [2.05, 4.69) is 225 Å². The molecule has 0 aromatic heterocycles. The zero-order chi connectivity index (χ0) is 40.6. The normalized spacial score (nSPS) is 14.8. The van der Waals surface area contributed by atoms with Gasteiger partial charge < -0.3 is 4.90 Å². The van der Waals surface area contributed by atoms with Crippen LogP contribution in [0.4, 0.5) is 17.1 Å². The predicted octanol–water partition coefficient (Wildman–Crippen LogP) is 15.7. The van der Waals surface area contributed by atoms with Crippen LogP contribution in [0.1, 0.15) is 48.1 Å². The number of rotatable bonds is 12. The van der Waals surface area contributed by atoms with E-state index in [0.717, 1.165) is 23.5 Å². The lowest BCUT2D eigenvalue weighted by Gasteiger charge is -2.33. The van der Waals surface area contributed by atoms with Crippen molar-refractivity contribution >= 4 is 34.4 Å². The quantitative estimate of drug-likeness (QED) is 0.0898. The number of anilines is 3. The van der Waals surface area contributed by atoms with Crippen LogP contribution in [-0.4, -0.2) is 0 Å². The molecule has 1 unspecified atom stereocenters. The summed E-state index contributed by atoms with van der Waals surface area (Å²) in [6.45, 7) is 6.41. The molecule has 7 aromatic carbocycles. The summed E-state index contributed by atoms with van der Waals surface area (Å²) in [4.78, 5) is 4.92. The van der Waals surface area contributed by atoms with Crippen LogP contribution in [0.3, 0.4) is 0 Å². The Morgan fingerprint density at radius 2 is 1.29 bits per heavy atom. The molecule has 7 aromatic rings. The Morgan fingerprint density at radius 1 is 0.644 bits per heavy atom. The largest absolute Gasteiger partial charge is 0.310 e. The third kappa shape index (κ3) is 7.91. The average molecular weight is 778 g/mol. The Kier molecular flexibility index (Phi) is 11.8. The maximum Gasteiger partial charge on any atom is 0.0499 e. The Balaban J connectivity index is 1.35. The van der Waals surface area contributed by atoms with Gasteiger partial charge in [-0.15, -0.1) is 6.42 Å². The molecule has 0 radical (unpaired) electrons. The Hall–Kier alpha value is -6.79. The molecule has 1 aliphatic carbocycles. The topological polar surface area (TPSA) is 3.24 Å². The van der Waals surface area contributed by atoms with E-state index >= 15 is 0 Å². The van der Waals surface area contributed by atoms with Crippen molar-refractivity contribution in [3.8, 4) is 34.6 Å². The van der Waals surface area contributed by atoms with E-state index in [1.807, 2.05) is 24.8 Å². The van der Waals surface area contributed by atoms with Crippen molar-refractivity contribution in [2.24, 2.45) is 0 Å². The van der Waals surface area contributed by atoms with E-state index in [1.165, 1.54) is 65.4 Å². The summed E-state index contributed by atoms with van der Waals surface area (Å²) < 4.78 is 0. The van der Waals surface area contributed by atoms with Crippen molar-refractivity contribution in [3.05, 3.63) is 240 Å². The zero-order valence-corrected chi connectivity index (χ0v) is 34.7. The van der Waals surface area contributed by atoms with Crippen LogP contribution in [0.5, 0.6) is 0 Å². The smallest absolute Gasteiger partial charge is 0.0499 e. The van der Waals surface area contributed by atoms with Crippen LogP contribution in [0, 0.1) is 19.3 Å². The molecule has 1 nitrogen and oxygen atoms in total. The first kappa shape index (κ1) is 39.1. The third-order valence-electron chi connectivity index (χ3n) is 11.3. The van der Waals surface area contributed by atoms with E-state index in [1.54, 1.807) is 6.08 Å². The lowest BCUT2D eigenvalue weighted by Crippen LogP contribution is -2.26. The SMILES string of the molecule is C#C/C=C\C=C/CC1(c2ccccc2)c2cc(N(c3ccc(/C(C)=C/C=C\C)cc3)c3ccc(-c4ccccc4)cc3)ccc2-c2c(Sc3ccccc3C)cccc21. The number of hydrogen-bond acceptors (Lipinski definition) is 2. The number of terminal acetylenes is 1. The van der Waals surface area contributed by atoms with Gasteiger partial charge in [0.05, 0.1) is 0 Å². The van der Waals surface area contributed by atoms with Crippen molar-refractivity contribution < 1.29 is 0 Å². The molecule has 59 heavy (non-hydrogen) atoms. The number of allylic oxidation sites excluding steroid dienone is 8. The minimum Gasteiger partial charge on any atom is -0.310 e. The molecule has 0 bridgehead atoms. The van der Waals surface area contributed by atoms with Gasteiger partial charge in [0.15, 0.2) is 0 Å². The third-order valence-corrected chi connectivity index (χ3v) is 12.5. The average Bonchev–Trinajstić information content (AvgIpc) is 3.57. The fraction of sp³-hybridized carbons (Fsp3) is 0.0877. The van der Waals surface area contributed by atoms with Crippen molar-refractivity contribution in [1.29, 1.82) is 0 Å². The number of benzene rings is 7. The molecule has 0 saturated carbocycles. The lowest BCUT2D eigenvalue weighted by molar-refractivity contribution is 0.644.